The molecule has 0 spiro atoms. The second kappa shape index (κ2) is 6.89. The van der Waals surface area contributed by atoms with E-state index in [9.17, 15) is 14.0 Å². The zero-order valence-corrected chi connectivity index (χ0v) is 13.8. The zero-order chi connectivity index (χ0) is 16.3. The molecule has 7 heteroatoms. The van der Waals surface area contributed by atoms with Crippen LogP contribution in [0.3, 0.4) is 0 Å². The van der Waals surface area contributed by atoms with Gasteiger partial charge in [0, 0.05) is 10.2 Å². The van der Waals surface area contributed by atoms with Crippen molar-refractivity contribution < 1.29 is 14.0 Å². The molecule has 2 N–H and O–H groups in total. The Hall–Kier alpha value is -1.92. The molecule has 0 aliphatic carbocycles. The summed E-state index contributed by atoms with van der Waals surface area (Å²) in [6.07, 6.45) is 0. The summed E-state index contributed by atoms with van der Waals surface area (Å²) in [5.74, 6) is -2.33. The van der Waals surface area contributed by atoms with Gasteiger partial charge in [0.25, 0.3) is 0 Å². The van der Waals surface area contributed by atoms with Crippen molar-refractivity contribution in [2.45, 2.75) is 6.92 Å². The van der Waals surface area contributed by atoms with E-state index in [1.807, 2.05) is 13.0 Å². The second-order valence-corrected chi connectivity index (χ2v) is 5.78. The van der Waals surface area contributed by atoms with Crippen molar-refractivity contribution >= 4 is 50.7 Å². The van der Waals surface area contributed by atoms with Crippen LogP contribution in [0.5, 0.6) is 0 Å². The van der Waals surface area contributed by atoms with Crippen molar-refractivity contribution in [3.8, 4) is 0 Å². The van der Waals surface area contributed by atoms with Crippen molar-refractivity contribution in [1.82, 2.24) is 0 Å². The van der Waals surface area contributed by atoms with E-state index in [0.717, 1.165) is 11.6 Å². The molecule has 0 bridgehead atoms. The van der Waals surface area contributed by atoms with Crippen molar-refractivity contribution in [1.29, 1.82) is 0 Å². The Labute approximate surface area is 139 Å². The van der Waals surface area contributed by atoms with Crippen molar-refractivity contribution in [3.05, 3.63) is 57.3 Å². The van der Waals surface area contributed by atoms with Crippen LogP contribution in [-0.2, 0) is 9.59 Å². The molecule has 0 saturated heterocycles. The number of carbonyl (C=O) groups excluding carboxylic acids is 2. The fraction of sp³-hybridized carbons (Fsp3) is 0.0667. The normalized spacial score (nSPS) is 10.2. The quantitative estimate of drug-likeness (QED) is 0.764. The van der Waals surface area contributed by atoms with Gasteiger partial charge in [0.05, 0.1) is 10.7 Å². The molecule has 0 radical (unpaired) electrons. The largest absolute Gasteiger partial charge is 0.318 e. The summed E-state index contributed by atoms with van der Waals surface area (Å²) in [7, 11) is 0. The highest BCUT2D eigenvalue weighted by atomic mass is 79.9. The first-order valence-electron chi connectivity index (χ1n) is 6.20. The topological polar surface area (TPSA) is 58.2 Å². The van der Waals surface area contributed by atoms with E-state index in [-0.39, 0.29) is 10.7 Å². The lowest BCUT2D eigenvalue weighted by molar-refractivity contribution is -0.133. The Morgan fingerprint density at radius 3 is 2.41 bits per heavy atom. The fourth-order valence-corrected chi connectivity index (χ4v) is 2.44. The maximum absolute atomic E-state index is 13.0. The van der Waals surface area contributed by atoms with Crippen molar-refractivity contribution in [2.24, 2.45) is 0 Å². The third-order valence-corrected chi connectivity index (χ3v) is 3.70. The predicted octanol–water partition coefficient (Wildman–Crippen LogP) is 4.13. The van der Waals surface area contributed by atoms with E-state index in [1.54, 1.807) is 12.1 Å². The summed E-state index contributed by atoms with van der Waals surface area (Å²) < 4.78 is 13.7. The van der Waals surface area contributed by atoms with Gasteiger partial charge in [-0.15, -0.1) is 0 Å². The fourth-order valence-electron chi connectivity index (χ4n) is 1.66. The molecule has 2 rings (SSSR count). The Bertz CT molecular complexity index is 752. The Morgan fingerprint density at radius 1 is 1.09 bits per heavy atom. The monoisotopic (exact) mass is 384 g/mol. The van der Waals surface area contributed by atoms with Crippen LogP contribution >= 0.6 is 27.5 Å². The molecule has 0 unspecified atom stereocenters. The molecular formula is C15H11BrClFN2O2. The molecule has 114 valence electrons. The number of benzene rings is 2. The van der Waals surface area contributed by atoms with Gasteiger partial charge < -0.3 is 10.6 Å². The predicted molar refractivity (Wildman–Crippen MR) is 87.5 cm³/mol. The third kappa shape index (κ3) is 4.05. The maximum Gasteiger partial charge on any atom is 0.314 e. The van der Waals surface area contributed by atoms with Gasteiger partial charge in [0.15, 0.2) is 0 Å². The summed E-state index contributed by atoms with van der Waals surface area (Å²) in [6.45, 7) is 1.90. The molecule has 0 heterocycles. The summed E-state index contributed by atoms with van der Waals surface area (Å²) in [6, 6.07) is 8.94. The molecule has 0 atom stereocenters. The van der Waals surface area contributed by atoms with Gasteiger partial charge in [-0.05, 0) is 58.7 Å². The molecule has 0 saturated carbocycles. The van der Waals surface area contributed by atoms with E-state index in [0.29, 0.717) is 10.2 Å². The Morgan fingerprint density at radius 2 is 1.77 bits per heavy atom. The van der Waals surface area contributed by atoms with Gasteiger partial charge in [-0.3, -0.25) is 9.59 Å². The SMILES string of the molecule is Cc1ccc(NC(=O)C(=O)Nc2ccc(F)c(Cl)c2)c(Br)c1. The van der Waals surface area contributed by atoms with Crippen LogP contribution in [0.25, 0.3) is 0 Å². The third-order valence-electron chi connectivity index (χ3n) is 2.76. The van der Waals surface area contributed by atoms with Gasteiger partial charge >= 0.3 is 11.8 Å². The number of anilines is 2. The van der Waals surface area contributed by atoms with Crippen molar-refractivity contribution in [2.75, 3.05) is 10.6 Å². The number of aryl methyl sites for hydroxylation is 1. The van der Waals surface area contributed by atoms with Gasteiger partial charge in [0.1, 0.15) is 5.82 Å². The average molecular weight is 386 g/mol. The minimum absolute atomic E-state index is 0.139. The highest BCUT2D eigenvalue weighted by molar-refractivity contribution is 9.10. The molecule has 22 heavy (non-hydrogen) atoms. The summed E-state index contributed by atoms with van der Waals surface area (Å²) >= 11 is 8.91. The van der Waals surface area contributed by atoms with Crippen LogP contribution in [-0.4, -0.2) is 11.8 Å². The summed E-state index contributed by atoms with van der Waals surface area (Å²) in [4.78, 5) is 23.7. The molecular weight excluding hydrogens is 375 g/mol. The molecule has 2 aromatic carbocycles. The highest BCUT2D eigenvalue weighted by Gasteiger charge is 2.15. The minimum Gasteiger partial charge on any atom is -0.318 e. The first kappa shape index (κ1) is 16.5. The Balaban J connectivity index is 2.05. The minimum atomic E-state index is -0.879. The maximum atomic E-state index is 13.0. The van der Waals surface area contributed by atoms with Crippen LogP contribution in [0, 0.1) is 12.7 Å². The van der Waals surface area contributed by atoms with Crippen LogP contribution in [0.2, 0.25) is 5.02 Å². The van der Waals surface area contributed by atoms with Gasteiger partial charge in [-0.25, -0.2) is 4.39 Å². The number of hydrogen-bond acceptors (Lipinski definition) is 2. The van der Waals surface area contributed by atoms with Crippen LogP contribution in [0.4, 0.5) is 15.8 Å². The summed E-state index contributed by atoms with van der Waals surface area (Å²) in [5.41, 5.74) is 1.72. The smallest absolute Gasteiger partial charge is 0.314 e. The van der Waals surface area contributed by atoms with Crippen molar-refractivity contribution in [3.63, 3.8) is 0 Å². The molecule has 0 aliphatic rings. The molecule has 2 amide bonds. The number of carbonyl (C=O) groups is 2. The lowest BCUT2D eigenvalue weighted by Crippen LogP contribution is -2.29. The van der Waals surface area contributed by atoms with E-state index >= 15 is 0 Å². The number of nitrogens with one attached hydrogen (secondary N) is 2. The molecule has 4 nitrogen and oxygen atoms in total. The highest BCUT2D eigenvalue weighted by Crippen LogP contribution is 2.23. The number of amides is 2. The first-order chi connectivity index (χ1) is 10.4. The summed E-state index contributed by atoms with van der Waals surface area (Å²) in [5, 5.41) is 4.68. The molecule has 0 fully saturated rings. The van der Waals surface area contributed by atoms with Gasteiger partial charge in [-0.1, -0.05) is 17.7 Å². The zero-order valence-electron chi connectivity index (χ0n) is 11.4. The van der Waals surface area contributed by atoms with Crippen LogP contribution < -0.4 is 10.6 Å². The number of halogens is 3. The van der Waals surface area contributed by atoms with E-state index in [4.69, 9.17) is 11.6 Å². The lowest BCUT2D eigenvalue weighted by Gasteiger charge is -2.09. The van der Waals surface area contributed by atoms with E-state index in [1.165, 1.54) is 12.1 Å². The van der Waals surface area contributed by atoms with E-state index < -0.39 is 17.6 Å². The van der Waals surface area contributed by atoms with Gasteiger partial charge in [-0.2, -0.15) is 0 Å². The molecule has 2 aromatic rings. The number of hydrogen-bond donors (Lipinski definition) is 2. The molecule has 0 aliphatic heterocycles. The standard InChI is InChI=1S/C15H11BrClFN2O2/c1-8-2-5-13(10(16)6-8)20-15(22)14(21)19-9-3-4-12(18)11(17)7-9/h2-7H,1H3,(H,19,21)(H,20,22). The lowest BCUT2D eigenvalue weighted by atomic mass is 10.2. The van der Waals surface area contributed by atoms with Gasteiger partial charge in [0.2, 0.25) is 0 Å². The second-order valence-electron chi connectivity index (χ2n) is 4.52. The first-order valence-corrected chi connectivity index (χ1v) is 7.37. The molecule has 0 aromatic heterocycles. The van der Waals surface area contributed by atoms with Crippen LogP contribution in [0.1, 0.15) is 5.56 Å². The Kier molecular flexibility index (Phi) is 5.15. The van der Waals surface area contributed by atoms with Crippen LogP contribution in [0.15, 0.2) is 40.9 Å². The van der Waals surface area contributed by atoms with E-state index in [2.05, 4.69) is 26.6 Å². The number of rotatable bonds is 2. The average Bonchev–Trinajstić information content (AvgIpc) is 2.45.